The van der Waals surface area contributed by atoms with Gasteiger partial charge in [0.05, 0.1) is 11.2 Å². The molecule has 6 heteroatoms. The van der Waals surface area contributed by atoms with Crippen molar-refractivity contribution in [3.8, 4) is 12.3 Å². The minimum absolute atomic E-state index is 0.137. The summed E-state index contributed by atoms with van der Waals surface area (Å²) in [7, 11) is 1.68. The van der Waals surface area contributed by atoms with Crippen molar-refractivity contribution in [3.63, 3.8) is 0 Å². The van der Waals surface area contributed by atoms with Crippen LogP contribution in [0.25, 0.3) is 0 Å². The number of unbranched alkanes of at least 4 members (excludes halogenated alkanes) is 2. The van der Waals surface area contributed by atoms with Crippen LogP contribution in [0.4, 0.5) is 5.69 Å². The van der Waals surface area contributed by atoms with Gasteiger partial charge < -0.3 is 10.1 Å². The second-order valence-electron chi connectivity index (χ2n) is 4.01. The molecule has 0 aliphatic rings. The Bertz CT molecular complexity index is 494. The maximum Gasteiger partial charge on any atom is 0.292 e. The highest BCUT2D eigenvalue weighted by molar-refractivity contribution is 6.32. The number of nitrogens with zero attached hydrogens (tertiary/aromatic N) is 2. The van der Waals surface area contributed by atoms with Crippen LogP contribution in [0.3, 0.4) is 0 Å². The van der Waals surface area contributed by atoms with Crippen LogP contribution < -0.4 is 10.9 Å². The summed E-state index contributed by atoms with van der Waals surface area (Å²) >= 11 is 5.95. The number of halogens is 1. The number of terminal acetylenes is 1. The van der Waals surface area contributed by atoms with Crippen LogP contribution in [0, 0.1) is 12.3 Å². The van der Waals surface area contributed by atoms with Crippen LogP contribution in [0.15, 0.2) is 11.0 Å². The predicted molar refractivity (Wildman–Crippen MR) is 76.6 cm³/mol. The molecule has 19 heavy (non-hydrogen) atoms. The van der Waals surface area contributed by atoms with Gasteiger partial charge in [-0.1, -0.05) is 17.5 Å². The molecule has 1 heterocycles. The third-order valence-electron chi connectivity index (χ3n) is 2.57. The number of rotatable bonds is 8. The molecule has 0 bridgehead atoms. The van der Waals surface area contributed by atoms with E-state index in [1.54, 1.807) is 7.11 Å². The average molecular weight is 284 g/mol. The zero-order valence-electron chi connectivity index (χ0n) is 11.0. The highest BCUT2D eigenvalue weighted by Crippen LogP contribution is 2.15. The Morgan fingerprint density at radius 3 is 3.00 bits per heavy atom. The van der Waals surface area contributed by atoms with E-state index < -0.39 is 0 Å². The van der Waals surface area contributed by atoms with Gasteiger partial charge in [-0.05, 0) is 19.3 Å². The molecule has 1 N–H and O–H groups in total. The minimum atomic E-state index is -0.289. The molecule has 0 fully saturated rings. The lowest BCUT2D eigenvalue weighted by Gasteiger charge is -2.09. The van der Waals surface area contributed by atoms with E-state index in [9.17, 15) is 4.79 Å². The summed E-state index contributed by atoms with van der Waals surface area (Å²) in [4.78, 5) is 12.0. The minimum Gasteiger partial charge on any atom is -0.385 e. The van der Waals surface area contributed by atoms with Crippen molar-refractivity contribution in [2.75, 3.05) is 25.6 Å². The van der Waals surface area contributed by atoms with Crippen LogP contribution in [-0.4, -0.2) is 30.0 Å². The van der Waals surface area contributed by atoms with E-state index >= 15 is 0 Å². The summed E-state index contributed by atoms with van der Waals surface area (Å²) in [5.74, 6) is 2.38. The summed E-state index contributed by atoms with van der Waals surface area (Å²) in [5, 5.41) is 7.23. The van der Waals surface area contributed by atoms with Gasteiger partial charge in [0.15, 0.2) is 0 Å². The van der Waals surface area contributed by atoms with E-state index in [0.717, 1.165) is 25.9 Å². The number of hydrogen-bond acceptors (Lipinski definition) is 4. The Hall–Kier alpha value is -1.51. The van der Waals surface area contributed by atoms with E-state index in [4.69, 9.17) is 22.8 Å². The first kappa shape index (κ1) is 15.5. The van der Waals surface area contributed by atoms with Crippen molar-refractivity contribution in [2.24, 2.45) is 0 Å². The van der Waals surface area contributed by atoms with E-state index in [1.165, 1.54) is 10.9 Å². The molecular weight excluding hydrogens is 266 g/mol. The largest absolute Gasteiger partial charge is 0.385 e. The standard InChI is InChI=1S/C13H18ClN3O2/c1-3-8-17-13(18)12(11(14)10-16-17)15-7-5-4-6-9-19-2/h1,10,15H,4-9H2,2H3. The van der Waals surface area contributed by atoms with Crippen LogP contribution in [0.2, 0.25) is 5.02 Å². The molecule has 0 spiro atoms. The summed E-state index contributed by atoms with van der Waals surface area (Å²) in [5.41, 5.74) is 0.0704. The quantitative estimate of drug-likeness (QED) is 0.583. The predicted octanol–water partition coefficient (Wildman–Crippen LogP) is 1.76. The van der Waals surface area contributed by atoms with Crippen LogP contribution in [-0.2, 0) is 11.3 Å². The van der Waals surface area contributed by atoms with Crippen molar-refractivity contribution in [1.29, 1.82) is 0 Å². The zero-order valence-corrected chi connectivity index (χ0v) is 11.7. The van der Waals surface area contributed by atoms with Gasteiger partial charge in [0, 0.05) is 20.3 Å². The maximum absolute atomic E-state index is 12.0. The van der Waals surface area contributed by atoms with Crippen molar-refractivity contribution in [3.05, 3.63) is 21.6 Å². The average Bonchev–Trinajstić information content (AvgIpc) is 2.40. The van der Waals surface area contributed by atoms with Gasteiger partial charge in [0.2, 0.25) is 0 Å². The van der Waals surface area contributed by atoms with Gasteiger partial charge in [0.25, 0.3) is 5.56 Å². The molecule has 0 unspecified atom stereocenters. The van der Waals surface area contributed by atoms with Crippen LogP contribution >= 0.6 is 11.6 Å². The molecule has 0 saturated carbocycles. The Labute approximate surface area is 117 Å². The number of hydrogen-bond donors (Lipinski definition) is 1. The molecule has 1 aromatic rings. The van der Waals surface area contributed by atoms with E-state index in [1.807, 2.05) is 0 Å². The van der Waals surface area contributed by atoms with E-state index in [-0.39, 0.29) is 12.1 Å². The number of nitrogens with one attached hydrogen (secondary N) is 1. The summed E-state index contributed by atoms with van der Waals surface area (Å²) in [6.45, 7) is 1.57. The third-order valence-corrected chi connectivity index (χ3v) is 2.85. The monoisotopic (exact) mass is 283 g/mol. The molecule has 1 rings (SSSR count). The fourth-order valence-corrected chi connectivity index (χ4v) is 1.78. The first-order valence-electron chi connectivity index (χ1n) is 6.12. The van der Waals surface area contributed by atoms with E-state index in [0.29, 0.717) is 17.3 Å². The molecule has 0 radical (unpaired) electrons. The molecule has 0 aliphatic heterocycles. The van der Waals surface area contributed by atoms with Crippen molar-refractivity contribution in [1.82, 2.24) is 9.78 Å². The lowest BCUT2D eigenvalue weighted by atomic mass is 10.2. The maximum atomic E-state index is 12.0. The van der Waals surface area contributed by atoms with E-state index in [2.05, 4.69) is 16.3 Å². The van der Waals surface area contributed by atoms with Gasteiger partial charge in [-0.25, -0.2) is 4.68 Å². The highest BCUT2D eigenvalue weighted by Gasteiger charge is 2.08. The molecule has 5 nitrogen and oxygen atoms in total. The van der Waals surface area contributed by atoms with Crippen molar-refractivity contribution < 1.29 is 4.74 Å². The molecule has 0 aliphatic carbocycles. The Kier molecular flexibility index (Phi) is 7.01. The number of methoxy groups -OCH3 is 1. The summed E-state index contributed by atoms with van der Waals surface area (Å²) in [6.07, 6.45) is 9.57. The third kappa shape index (κ3) is 4.93. The van der Waals surface area contributed by atoms with Gasteiger partial charge in [-0.15, -0.1) is 6.42 Å². The lowest BCUT2D eigenvalue weighted by molar-refractivity contribution is 0.192. The first-order chi connectivity index (χ1) is 9.20. The fraction of sp³-hybridized carbons (Fsp3) is 0.538. The van der Waals surface area contributed by atoms with Crippen LogP contribution in [0.1, 0.15) is 19.3 Å². The number of ether oxygens (including phenoxy) is 1. The molecule has 0 atom stereocenters. The molecule has 0 saturated heterocycles. The first-order valence-corrected chi connectivity index (χ1v) is 6.50. The topological polar surface area (TPSA) is 56.1 Å². The zero-order chi connectivity index (χ0) is 14.1. The smallest absolute Gasteiger partial charge is 0.292 e. The Balaban J connectivity index is 2.55. The van der Waals surface area contributed by atoms with Crippen molar-refractivity contribution >= 4 is 17.3 Å². The van der Waals surface area contributed by atoms with Crippen molar-refractivity contribution in [2.45, 2.75) is 25.8 Å². The van der Waals surface area contributed by atoms with Crippen LogP contribution in [0.5, 0.6) is 0 Å². The normalized spacial score (nSPS) is 10.2. The molecule has 104 valence electrons. The molecular formula is C13H18ClN3O2. The Morgan fingerprint density at radius 2 is 2.32 bits per heavy atom. The Morgan fingerprint density at radius 1 is 1.53 bits per heavy atom. The van der Waals surface area contributed by atoms with Gasteiger partial charge in [-0.2, -0.15) is 5.10 Å². The SMILES string of the molecule is C#CCn1ncc(Cl)c(NCCCCCOC)c1=O. The number of aromatic nitrogens is 2. The van der Waals surface area contributed by atoms with Gasteiger partial charge >= 0.3 is 0 Å². The second-order valence-corrected chi connectivity index (χ2v) is 4.42. The fourth-order valence-electron chi connectivity index (χ4n) is 1.59. The lowest BCUT2D eigenvalue weighted by Crippen LogP contribution is -2.26. The number of anilines is 1. The summed E-state index contributed by atoms with van der Waals surface area (Å²) < 4.78 is 6.17. The second kappa shape index (κ2) is 8.57. The van der Waals surface area contributed by atoms with Gasteiger partial charge in [0.1, 0.15) is 12.2 Å². The molecule has 0 aromatic carbocycles. The summed E-state index contributed by atoms with van der Waals surface area (Å²) in [6, 6.07) is 0. The van der Waals surface area contributed by atoms with Gasteiger partial charge in [-0.3, -0.25) is 4.79 Å². The highest BCUT2D eigenvalue weighted by atomic mass is 35.5. The molecule has 0 amide bonds. The molecule has 1 aromatic heterocycles.